The molecule has 0 radical (unpaired) electrons. The van der Waals surface area contributed by atoms with Crippen molar-refractivity contribution in [3.63, 3.8) is 0 Å². The summed E-state index contributed by atoms with van der Waals surface area (Å²) < 4.78 is 13.4. The fourth-order valence-corrected chi connectivity index (χ4v) is 4.46. The molecule has 0 bridgehead atoms. The van der Waals surface area contributed by atoms with Gasteiger partial charge in [-0.05, 0) is 56.0 Å². The number of aryl methyl sites for hydroxylation is 2. The van der Waals surface area contributed by atoms with E-state index < -0.39 is 11.9 Å². The molecule has 4 aromatic rings. The summed E-state index contributed by atoms with van der Waals surface area (Å²) in [5.41, 5.74) is 3.02. The van der Waals surface area contributed by atoms with Gasteiger partial charge in [-0.15, -0.1) is 0 Å². The van der Waals surface area contributed by atoms with Crippen molar-refractivity contribution >= 4 is 33.7 Å². The normalized spacial score (nSPS) is 11.1. The Morgan fingerprint density at radius 3 is 2.15 bits per heavy atom. The molecule has 176 valence electrons. The predicted molar refractivity (Wildman–Crippen MR) is 133 cm³/mol. The molecule has 0 unspecified atom stereocenters. The number of carbonyl (C=O) groups is 2. The SMILES string of the molecule is CCOC(=O)c1cc(OCCCCn2c3ccccc3c3ccccc32)cc(CC)c1C(=O)O. The van der Waals surface area contributed by atoms with Crippen LogP contribution in [-0.2, 0) is 17.7 Å². The maximum atomic E-state index is 12.4. The van der Waals surface area contributed by atoms with E-state index in [0.29, 0.717) is 24.3 Å². The quantitative estimate of drug-likeness (QED) is 0.229. The summed E-state index contributed by atoms with van der Waals surface area (Å²) in [5, 5.41) is 12.1. The van der Waals surface area contributed by atoms with Crippen molar-refractivity contribution in [3.05, 3.63) is 77.4 Å². The first-order valence-electron chi connectivity index (χ1n) is 11.7. The molecule has 6 nitrogen and oxygen atoms in total. The lowest BCUT2D eigenvalue weighted by Crippen LogP contribution is -2.15. The lowest BCUT2D eigenvalue weighted by molar-refractivity contribution is 0.0513. The highest BCUT2D eigenvalue weighted by Gasteiger charge is 2.22. The second-order valence-corrected chi connectivity index (χ2v) is 8.13. The standard InChI is InChI=1S/C28H29NO5/c1-3-19-17-20(18-23(26(19)27(30)31)28(32)33-4-2)34-16-10-9-15-29-24-13-7-5-11-21(24)22-12-6-8-14-25(22)29/h5-8,11-14,17-18H,3-4,9-10,15-16H2,1-2H3,(H,30,31). The molecule has 0 aliphatic heterocycles. The van der Waals surface area contributed by atoms with E-state index >= 15 is 0 Å². The molecule has 1 N–H and O–H groups in total. The van der Waals surface area contributed by atoms with Crippen LogP contribution in [0.4, 0.5) is 0 Å². The summed E-state index contributed by atoms with van der Waals surface area (Å²) in [6, 6.07) is 20.1. The number of carbonyl (C=O) groups excluding carboxylic acids is 1. The van der Waals surface area contributed by atoms with Gasteiger partial charge >= 0.3 is 11.9 Å². The first-order chi connectivity index (χ1) is 16.5. The van der Waals surface area contributed by atoms with Gasteiger partial charge in [-0.3, -0.25) is 0 Å². The largest absolute Gasteiger partial charge is 0.494 e. The van der Waals surface area contributed by atoms with Crippen LogP contribution in [0.15, 0.2) is 60.7 Å². The van der Waals surface area contributed by atoms with Crippen LogP contribution in [0.3, 0.4) is 0 Å². The molecule has 0 fully saturated rings. The van der Waals surface area contributed by atoms with Gasteiger partial charge in [-0.1, -0.05) is 43.3 Å². The van der Waals surface area contributed by atoms with Crippen LogP contribution >= 0.6 is 0 Å². The molecule has 4 rings (SSSR count). The Balaban J connectivity index is 1.46. The number of aromatic carboxylic acids is 1. The van der Waals surface area contributed by atoms with Gasteiger partial charge in [0.05, 0.1) is 24.3 Å². The fourth-order valence-electron chi connectivity index (χ4n) is 4.46. The third-order valence-electron chi connectivity index (χ3n) is 6.01. The molecule has 0 atom stereocenters. The van der Waals surface area contributed by atoms with Gasteiger partial charge in [0.1, 0.15) is 5.75 Å². The smallest absolute Gasteiger partial charge is 0.339 e. The Morgan fingerprint density at radius 1 is 0.912 bits per heavy atom. The topological polar surface area (TPSA) is 77.8 Å². The highest BCUT2D eigenvalue weighted by molar-refractivity contribution is 6.08. The number of nitrogens with zero attached hydrogens (tertiary/aromatic N) is 1. The molecule has 0 amide bonds. The van der Waals surface area contributed by atoms with Gasteiger partial charge in [0.25, 0.3) is 0 Å². The number of benzene rings is 3. The number of hydrogen-bond donors (Lipinski definition) is 1. The van der Waals surface area contributed by atoms with Gasteiger partial charge in [-0.25, -0.2) is 9.59 Å². The molecular formula is C28H29NO5. The number of hydrogen-bond acceptors (Lipinski definition) is 4. The second-order valence-electron chi connectivity index (χ2n) is 8.13. The van der Waals surface area contributed by atoms with Gasteiger partial charge in [0.2, 0.25) is 0 Å². The number of rotatable bonds is 10. The van der Waals surface area contributed by atoms with Gasteiger partial charge < -0.3 is 19.1 Å². The van der Waals surface area contributed by atoms with E-state index in [1.165, 1.54) is 27.9 Å². The van der Waals surface area contributed by atoms with Crippen molar-refractivity contribution in [3.8, 4) is 5.75 Å². The highest BCUT2D eigenvalue weighted by atomic mass is 16.5. The number of aromatic nitrogens is 1. The van der Waals surface area contributed by atoms with E-state index in [1.807, 2.05) is 6.92 Å². The molecule has 0 spiro atoms. The second kappa shape index (κ2) is 10.4. The van der Waals surface area contributed by atoms with Crippen LogP contribution in [0.2, 0.25) is 0 Å². The van der Waals surface area contributed by atoms with E-state index in [0.717, 1.165) is 19.4 Å². The minimum absolute atomic E-state index is 0.0142. The molecule has 1 aromatic heterocycles. The maximum absolute atomic E-state index is 12.4. The summed E-state index contributed by atoms with van der Waals surface area (Å²) in [6.45, 7) is 5.05. The van der Waals surface area contributed by atoms with E-state index in [9.17, 15) is 14.7 Å². The average molecular weight is 460 g/mol. The fraction of sp³-hybridized carbons (Fsp3) is 0.286. The zero-order chi connectivity index (χ0) is 24.1. The third kappa shape index (κ3) is 4.62. The Bertz CT molecular complexity index is 1280. The van der Waals surface area contributed by atoms with Crippen molar-refractivity contribution in [2.24, 2.45) is 0 Å². The van der Waals surface area contributed by atoms with Crippen molar-refractivity contribution < 1.29 is 24.2 Å². The lowest BCUT2D eigenvalue weighted by atomic mass is 9.98. The number of carboxylic acids is 1. The molecule has 0 saturated carbocycles. The zero-order valence-corrected chi connectivity index (χ0v) is 19.5. The molecule has 0 aliphatic carbocycles. The first-order valence-corrected chi connectivity index (χ1v) is 11.7. The molecule has 3 aromatic carbocycles. The number of ether oxygens (including phenoxy) is 2. The van der Waals surface area contributed by atoms with Crippen LogP contribution in [0.1, 0.15) is 53.0 Å². The monoisotopic (exact) mass is 459 g/mol. The van der Waals surface area contributed by atoms with E-state index in [1.54, 1.807) is 13.0 Å². The number of carboxylic acid groups (broad SMARTS) is 1. The Kier molecular flexibility index (Phi) is 7.16. The van der Waals surface area contributed by atoms with E-state index in [4.69, 9.17) is 9.47 Å². The predicted octanol–water partition coefficient (Wildman–Crippen LogP) is 6.09. The molecule has 0 aliphatic rings. The third-order valence-corrected chi connectivity index (χ3v) is 6.01. The zero-order valence-electron chi connectivity index (χ0n) is 19.5. The summed E-state index contributed by atoms with van der Waals surface area (Å²) >= 11 is 0. The number of fused-ring (bicyclic) bond motifs is 3. The van der Waals surface area contributed by atoms with Crippen LogP contribution in [0.25, 0.3) is 21.8 Å². The molecule has 6 heteroatoms. The minimum atomic E-state index is -1.14. The van der Waals surface area contributed by atoms with Crippen LogP contribution in [0.5, 0.6) is 5.75 Å². The van der Waals surface area contributed by atoms with Crippen molar-refractivity contribution in [2.45, 2.75) is 39.7 Å². The number of unbranched alkanes of at least 4 members (excludes halogenated alkanes) is 1. The Hall–Kier alpha value is -3.80. The summed E-state index contributed by atoms with van der Waals surface area (Å²) in [6.07, 6.45) is 2.21. The number of esters is 1. The summed E-state index contributed by atoms with van der Waals surface area (Å²) in [7, 11) is 0. The van der Waals surface area contributed by atoms with Gasteiger partial charge in [0, 0.05) is 28.4 Å². The van der Waals surface area contributed by atoms with Gasteiger partial charge in [0.15, 0.2) is 0 Å². The number of para-hydroxylation sites is 2. The summed E-state index contributed by atoms with van der Waals surface area (Å²) in [4.78, 5) is 24.1. The molecule has 34 heavy (non-hydrogen) atoms. The van der Waals surface area contributed by atoms with Crippen molar-refractivity contribution in [1.29, 1.82) is 0 Å². The van der Waals surface area contributed by atoms with Crippen molar-refractivity contribution in [2.75, 3.05) is 13.2 Å². The molecule has 0 saturated heterocycles. The van der Waals surface area contributed by atoms with Crippen LogP contribution in [-0.4, -0.2) is 34.8 Å². The Morgan fingerprint density at radius 2 is 1.56 bits per heavy atom. The van der Waals surface area contributed by atoms with Gasteiger partial charge in [-0.2, -0.15) is 0 Å². The van der Waals surface area contributed by atoms with E-state index in [2.05, 4.69) is 53.1 Å². The van der Waals surface area contributed by atoms with E-state index in [-0.39, 0.29) is 17.7 Å². The maximum Gasteiger partial charge on any atom is 0.339 e. The molecule has 1 heterocycles. The minimum Gasteiger partial charge on any atom is -0.494 e. The Labute approximate surface area is 198 Å². The average Bonchev–Trinajstić information content (AvgIpc) is 3.17. The lowest BCUT2D eigenvalue weighted by Gasteiger charge is -2.14. The first kappa shape index (κ1) is 23.4. The highest BCUT2D eigenvalue weighted by Crippen LogP contribution is 2.29. The summed E-state index contributed by atoms with van der Waals surface area (Å²) in [5.74, 6) is -1.30. The van der Waals surface area contributed by atoms with Crippen molar-refractivity contribution in [1.82, 2.24) is 4.57 Å². The van der Waals surface area contributed by atoms with Crippen LogP contribution < -0.4 is 4.74 Å². The van der Waals surface area contributed by atoms with Crippen LogP contribution in [0, 0.1) is 0 Å². The molecular weight excluding hydrogens is 430 g/mol.